The quantitative estimate of drug-likeness (QED) is 0.588. The van der Waals surface area contributed by atoms with E-state index in [9.17, 15) is 5.11 Å². The van der Waals surface area contributed by atoms with Gasteiger partial charge in [-0.25, -0.2) is 0 Å². The van der Waals surface area contributed by atoms with Crippen molar-refractivity contribution in [3.63, 3.8) is 0 Å². The Morgan fingerprint density at radius 1 is 1.50 bits per heavy atom. The molecule has 0 heterocycles. The van der Waals surface area contributed by atoms with Crippen molar-refractivity contribution in [2.24, 2.45) is 5.16 Å². The minimum atomic E-state index is 0.112. The number of rotatable bonds is 4. The average molecular weight is 195 g/mol. The van der Waals surface area contributed by atoms with Crippen molar-refractivity contribution in [3.05, 3.63) is 23.8 Å². The number of oxime groups is 1. The zero-order valence-corrected chi connectivity index (χ0v) is 8.23. The fourth-order valence-electron chi connectivity index (χ4n) is 0.947. The van der Waals surface area contributed by atoms with E-state index in [1.165, 1.54) is 7.11 Å². The number of phenolic OH excluding ortho intramolecular Hbond substituents is 1. The van der Waals surface area contributed by atoms with Crippen molar-refractivity contribution in [2.75, 3.05) is 13.7 Å². The molecule has 4 heteroatoms. The van der Waals surface area contributed by atoms with E-state index < -0.39 is 0 Å². The first-order chi connectivity index (χ1) is 6.77. The SMILES string of the molecule is CCO/N=C/c1ccc(O)c(OC)c1. The highest BCUT2D eigenvalue weighted by atomic mass is 16.6. The van der Waals surface area contributed by atoms with E-state index in [4.69, 9.17) is 9.57 Å². The molecule has 0 aliphatic carbocycles. The van der Waals surface area contributed by atoms with Crippen LogP contribution < -0.4 is 4.74 Å². The number of ether oxygens (including phenoxy) is 1. The van der Waals surface area contributed by atoms with E-state index in [0.717, 1.165) is 5.56 Å². The number of hydrogen-bond donors (Lipinski definition) is 1. The van der Waals surface area contributed by atoms with E-state index >= 15 is 0 Å². The van der Waals surface area contributed by atoms with Gasteiger partial charge in [-0.05, 0) is 25.1 Å². The zero-order chi connectivity index (χ0) is 10.4. The summed E-state index contributed by atoms with van der Waals surface area (Å²) in [6.45, 7) is 2.39. The van der Waals surface area contributed by atoms with Gasteiger partial charge >= 0.3 is 0 Å². The van der Waals surface area contributed by atoms with Crippen LogP contribution >= 0.6 is 0 Å². The van der Waals surface area contributed by atoms with Crippen LogP contribution in [0.25, 0.3) is 0 Å². The number of aromatic hydroxyl groups is 1. The molecule has 1 aromatic carbocycles. The predicted octanol–water partition coefficient (Wildman–Crippen LogP) is 1.77. The molecule has 14 heavy (non-hydrogen) atoms. The van der Waals surface area contributed by atoms with Crippen LogP contribution in [0.3, 0.4) is 0 Å². The maximum atomic E-state index is 9.31. The van der Waals surface area contributed by atoms with E-state index in [0.29, 0.717) is 12.4 Å². The van der Waals surface area contributed by atoms with Crippen LogP contribution in [0.2, 0.25) is 0 Å². The molecule has 0 spiro atoms. The van der Waals surface area contributed by atoms with E-state index in [1.54, 1.807) is 24.4 Å². The van der Waals surface area contributed by atoms with Crippen molar-refractivity contribution in [3.8, 4) is 11.5 Å². The van der Waals surface area contributed by atoms with Crippen LogP contribution in [-0.2, 0) is 4.84 Å². The summed E-state index contributed by atoms with van der Waals surface area (Å²) in [6, 6.07) is 4.95. The maximum Gasteiger partial charge on any atom is 0.161 e. The molecule has 1 rings (SSSR count). The largest absolute Gasteiger partial charge is 0.504 e. The second-order valence-corrected chi connectivity index (χ2v) is 2.58. The Bertz CT molecular complexity index is 323. The lowest BCUT2D eigenvalue weighted by atomic mass is 10.2. The summed E-state index contributed by atoms with van der Waals surface area (Å²) >= 11 is 0. The van der Waals surface area contributed by atoms with Gasteiger partial charge in [-0.2, -0.15) is 0 Å². The first-order valence-corrected chi connectivity index (χ1v) is 4.30. The molecule has 0 fully saturated rings. The third kappa shape index (κ3) is 2.65. The van der Waals surface area contributed by atoms with Crippen molar-refractivity contribution in [1.29, 1.82) is 0 Å². The summed E-state index contributed by atoms with van der Waals surface area (Å²) in [6.07, 6.45) is 1.56. The molecule has 0 aromatic heterocycles. The van der Waals surface area contributed by atoms with Crippen LogP contribution in [0.4, 0.5) is 0 Å². The lowest BCUT2D eigenvalue weighted by Crippen LogP contribution is -1.88. The highest BCUT2D eigenvalue weighted by molar-refractivity contribution is 5.80. The van der Waals surface area contributed by atoms with Crippen LogP contribution in [0, 0.1) is 0 Å². The molecule has 0 saturated heterocycles. The zero-order valence-electron chi connectivity index (χ0n) is 8.23. The second-order valence-electron chi connectivity index (χ2n) is 2.58. The van der Waals surface area contributed by atoms with Crippen molar-refractivity contribution >= 4 is 6.21 Å². The summed E-state index contributed by atoms with van der Waals surface area (Å²) in [5, 5.41) is 13.0. The number of benzene rings is 1. The van der Waals surface area contributed by atoms with Gasteiger partial charge < -0.3 is 14.7 Å². The van der Waals surface area contributed by atoms with Gasteiger partial charge in [0.25, 0.3) is 0 Å². The van der Waals surface area contributed by atoms with Gasteiger partial charge in [-0.15, -0.1) is 0 Å². The topological polar surface area (TPSA) is 51.0 Å². The summed E-state index contributed by atoms with van der Waals surface area (Å²) < 4.78 is 4.94. The lowest BCUT2D eigenvalue weighted by molar-refractivity contribution is 0.160. The molecule has 0 unspecified atom stereocenters. The standard InChI is InChI=1S/C10H13NO3/c1-3-14-11-7-8-4-5-9(12)10(6-8)13-2/h4-7,12H,3H2,1-2H3/b11-7+. The first-order valence-electron chi connectivity index (χ1n) is 4.30. The summed E-state index contributed by atoms with van der Waals surface area (Å²) in [4.78, 5) is 4.81. The van der Waals surface area contributed by atoms with Gasteiger partial charge in [0.1, 0.15) is 6.61 Å². The van der Waals surface area contributed by atoms with E-state index in [1.807, 2.05) is 6.92 Å². The molecule has 0 aliphatic heterocycles. The van der Waals surface area contributed by atoms with Crippen LogP contribution in [-0.4, -0.2) is 25.0 Å². The molecular weight excluding hydrogens is 182 g/mol. The first kappa shape index (κ1) is 10.4. The third-order valence-electron chi connectivity index (χ3n) is 1.61. The van der Waals surface area contributed by atoms with Crippen molar-refractivity contribution < 1.29 is 14.7 Å². The highest BCUT2D eigenvalue weighted by Crippen LogP contribution is 2.25. The number of methoxy groups -OCH3 is 1. The fraction of sp³-hybridized carbons (Fsp3) is 0.300. The summed E-state index contributed by atoms with van der Waals surface area (Å²) in [5.74, 6) is 0.534. The molecule has 76 valence electrons. The van der Waals surface area contributed by atoms with Gasteiger partial charge in [0.05, 0.1) is 13.3 Å². The minimum Gasteiger partial charge on any atom is -0.504 e. The second kappa shape index (κ2) is 5.11. The Morgan fingerprint density at radius 3 is 2.93 bits per heavy atom. The van der Waals surface area contributed by atoms with Crippen molar-refractivity contribution in [1.82, 2.24) is 0 Å². The number of nitrogens with zero attached hydrogens (tertiary/aromatic N) is 1. The monoisotopic (exact) mass is 195 g/mol. The van der Waals surface area contributed by atoms with Gasteiger partial charge in [-0.3, -0.25) is 0 Å². The lowest BCUT2D eigenvalue weighted by Gasteiger charge is -2.02. The Morgan fingerprint density at radius 2 is 2.29 bits per heavy atom. The molecule has 0 bridgehead atoms. The third-order valence-corrected chi connectivity index (χ3v) is 1.61. The average Bonchev–Trinajstić information content (AvgIpc) is 2.21. The number of phenols is 1. The maximum absolute atomic E-state index is 9.31. The number of hydrogen-bond acceptors (Lipinski definition) is 4. The normalized spacial score (nSPS) is 10.4. The van der Waals surface area contributed by atoms with Gasteiger partial charge in [0.15, 0.2) is 11.5 Å². The molecule has 0 radical (unpaired) electrons. The van der Waals surface area contributed by atoms with Crippen LogP contribution in [0.15, 0.2) is 23.4 Å². The fourth-order valence-corrected chi connectivity index (χ4v) is 0.947. The summed E-state index contributed by atoms with van der Waals surface area (Å²) in [7, 11) is 1.50. The molecule has 1 aromatic rings. The highest BCUT2D eigenvalue weighted by Gasteiger charge is 2.00. The molecular formula is C10H13NO3. The molecule has 4 nitrogen and oxygen atoms in total. The smallest absolute Gasteiger partial charge is 0.161 e. The van der Waals surface area contributed by atoms with Gasteiger partial charge in [-0.1, -0.05) is 5.16 Å². The van der Waals surface area contributed by atoms with E-state index in [2.05, 4.69) is 5.16 Å². The van der Waals surface area contributed by atoms with Gasteiger partial charge in [0.2, 0.25) is 0 Å². The van der Waals surface area contributed by atoms with Crippen molar-refractivity contribution in [2.45, 2.75) is 6.92 Å². The molecule has 0 saturated carbocycles. The summed E-state index contributed by atoms with van der Waals surface area (Å²) in [5.41, 5.74) is 0.813. The molecule has 0 atom stereocenters. The van der Waals surface area contributed by atoms with Crippen LogP contribution in [0.5, 0.6) is 11.5 Å². The van der Waals surface area contributed by atoms with Crippen LogP contribution in [0.1, 0.15) is 12.5 Å². The Balaban J connectivity index is 2.79. The molecule has 1 N–H and O–H groups in total. The Kier molecular flexibility index (Phi) is 3.79. The predicted molar refractivity (Wildman–Crippen MR) is 53.9 cm³/mol. The molecule has 0 aliphatic rings. The Labute approximate surface area is 82.8 Å². The Hall–Kier alpha value is -1.71. The molecule has 0 amide bonds. The minimum absolute atomic E-state index is 0.112. The van der Waals surface area contributed by atoms with Gasteiger partial charge in [0, 0.05) is 5.56 Å². The van der Waals surface area contributed by atoms with E-state index in [-0.39, 0.29) is 5.75 Å².